The first-order chi connectivity index (χ1) is 12.2. The summed E-state index contributed by atoms with van der Waals surface area (Å²) in [4.78, 5) is 16.8. The zero-order valence-corrected chi connectivity index (χ0v) is 14.3. The molecule has 1 amide bonds. The summed E-state index contributed by atoms with van der Waals surface area (Å²) >= 11 is 0. The number of aryl methyl sites for hydroxylation is 1. The fourth-order valence-electron chi connectivity index (χ4n) is 2.48. The highest BCUT2D eigenvalue weighted by Crippen LogP contribution is 2.12. The zero-order valence-electron chi connectivity index (χ0n) is 14.3. The predicted molar refractivity (Wildman–Crippen MR) is 97.2 cm³/mol. The second-order valence-corrected chi connectivity index (χ2v) is 5.59. The monoisotopic (exact) mass is 336 g/mol. The summed E-state index contributed by atoms with van der Waals surface area (Å²) < 4.78 is 7.28. The van der Waals surface area contributed by atoms with Crippen molar-refractivity contribution < 1.29 is 9.53 Å². The van der Waals surface area contributed by atoms with Gasteiger partial charge in [-0.2, -0.15) is 5.10 Å². The zero-order chi connectivity index (χ0) is 17.6. The fourth-order valence-corrected chi connectivity index (χ4v) is 2.48. The van der Waals surface area contributed by atoms with Crippen LogP contribution in [0.4, 0.5) is 0 Å². The number of benzene rings is 1. The maximum Gasteiger partial charge on any atom is 0.290 e. The number of hydrogen-bond acceptors (Lipinski definition) is 4. The number of nitrogens with zero attached hydrogens (tertiary/aromatic N) is 3. The lowest BCUT2D eigenvalue weighted by molar-refractivity contribution is 0.0948. The number of hydrogen-bond donors (Lipinski definition) is 1. The summed E-state index contributed by atoms with van der Waals surface area (Å²) in [6.45, 7) is 4.57. The molecule has 128 valence electrons. The quantitative estimate of drug-likeness (QED) is 0.555. The van der Waals surface area contributed by atoms with E-state index in [1.165, 1.54) is 0 Å². The maximum atomic E-state index is 12.4. The van der Waals surface area contributed by atoms with E-state index in [1.807, 2.05) is 48.7 Å². The van der Waals surface area contributed by atoms with Gasteiger partial charge >= 0.3 is 0 Å². The highest BCUT2D eigenvalue weighted by molar-refractivity contribution is 5.95. The highest BCUT2D eigenvalue weighted by atomic mass is 16.5. The normalized spacial score (nSPS) is 11.1. The van der Waals surface area contributed by atoms with Crippen molar-refractivity contribution in [3.8, 4) is 5.75 Å². The van der Waals surface area contributed by atoms with Gasteiger partial charge in [0, 0.05) is 6.20 Å². The number of carbonyl (C=O) groups is 1. The van der Waals surface area contributed by atoms with Crippen LogP contribution in [0.25, 0.3) is 5.65 Å². The minimum Gasteiger partial charge on any atom is -0.494 e. The summed E-state index contributed by atoms with van der Waals surface area (Å²) in [7, 11) is 0. The molecule has 3 aromatic rings. The Kier molecular flexibility index (Phi) is 5.09. The number of hydrazone groups is 1. The molecular weight excluding hydrogens is 316 g/mol. The van der Waals surface area contributed by atoms with E-state index in [0.29, 0.717) is 18.0 Å². The van der Waals surface area contributed by atoms with Crippen LogP contribution in [0.2, 0.25) is 0 Å². The first-order valence-electron chi connectivity index (χ1n) is 8.19. The van der Waals surface area contributed by atoms with E-state index < -0.39 is 0 Å². The molecule has 0 aliphatic carbocycles. The Hall–Kier alpha value is -3.15. The van der Waals surface area contributed by atoms with Crippen LogP contribution in [0.15, 0.2) is 53.8 Å². The van der Waals surface area contributed by atoms with Crippen LogP contribution >= 0.6 is 0 Å². The van der Waals surface area contributed by atoms with Crippen molar-refractivity contribution in [3.63, 3.8) is 0 Å². The molecule has 1 N–H and O–H groups in total. The molecule has 0 radical (unpaired) electrons. The first-order valence-corrected chi connectivity index (χ1v) is 8.19. The third kappa shape index (κ3) is 3.85. The van der Waals surface area contributed by atoms with E-state index in [-0.39, 0.29) is 5.91 Å². The minimum absolute atomic E-state index is 0.296. The molecule has 0 saturated heterocycles. The lowest BCUT2D eigenvalue weighted by Gasteiger charge is -2.04. The molecule has 0 spiro atoms. The van der Waals surface area contributed by atoms with Crippen molar-refractivity contribution in [1.82, 2.24) is 14.8 Å². The van der Waals surface area contributed by atoms with Crippen molar-refractivity contribution in [3.05, 3.63) is 65.6 Å². The maximum absolute atomic E-state index is 12.4. The Morgan fingerprint density at radius 2 is 2.08 bits per heavy atom. The number of aromatic nitrogens is 2. The number of carbonyl (C=O) groups excluding carboxylic acids is 1. The molecule has 0 aliphatic rings. The standard InChI is InChI=1S/C19H20N4O2/c1-3-12-25-16-9-7-15(8-10-16)13-20-22-19(24)18-14(2)21-17-6-4-5-11-23(17)18/h4-11,13H,3,12H2,1-2H3,(H,22,24)/b20-13-. The molecule has 0 aliphatic heterocycles. The van der Waals surface area contributed by atoms with Gasteiger partial charge in [-0.3, -0.25) is 9.20 Å². The largest absolute Gasteiger partial charge is 0.494 e. The topological polar surface area (TPSA) is 68.0 Å². The summed E-state index contributed by atoms with van der Waals surface area (Å²) in [6, 6.07) is 13.1. The summed E-state index contributed by atoms with van der Waals surface area (Å²) in [6.07, 6.45) is 4.38. The molecule has 0 atom stereocenters. The molecule has 1 aromatic carbocycles. The van der Waals surface area contributed by atoms with Gasteiger partial charge in [0.05, 0.1) is 18.5 Å². The number of ether oxygens (including phenoxy) is 1. The van der Waals surface area contributed by atoms with Crippen molar-refractivity contribution in [1.29, 1.82) is 0 Å². The van der Waals surface area contributed by atoms with Gasteiger partial charge in [-0.1, -0.05) is 13.0 Å². The highest BCUT2D eigenvalue weighted by Gasteiger charge is 2.15. The number of amides is 1. The lowest BCUT2D eigenvalue weighted by atomic mass is 10.2. The van der Waals surface area contributed by atoms with Gasteiger partial charge in [-0.25, -0.2) is 10.4 Å². The molecule has 0 saturated carbocycles. The number of fused-ring (bicyclic) bond motifs is 1. The second kappa shape index (κ2) is 7.61. The lowest BCUT2D eigenvalue weighted by Crippen LogP contribution is -2.20. The summed E-state index contributed by atoms with van der Waals surface area (Å²) in [5.41, 5.74) is 5.31. The fraction of sp³-hybridized carbons (Fsp3) is 0.211. The smallest absolute Gasteiger partial charge is 0.290 e. The molecule has 25 heavy (non-hydrogen) atoms. The van der Waals surface area contributed by atoms with E-state index in [9.17, 15) is 4.79 Å². The van der Waals surface area contributed by atoms with Crippen LogP contribution in [0.3, 0.4) is 0 Å². The van der Waals surface area contributed by atoms with E-state index in [1.54, 1.807) is 17.5 Å². The Bertz CT molecular complexity index is 897. The average Bonchev–Trinajstić information content (AvgIpc) is 2.96. The molecular formula is C19H20N4O2. The summed E-state index contributed by atoms with van der Waals surface area (Å²) in [5.74, 6) is 0.528. The van der Waals surface area contributed by atoms with Gasteiger partial charge in [0.2, 0.25) is 0 Å². The van der Waals surface area contributed by atoms with Crippen molar-refractivity contribution >= 4 is 17.8 Å². The molecule has 0 fully saturated rings. The van der Waals surface area contributed by atoms with Gasteiger partial charge in [0.25, 0.3) is 5.91 Å². The molecule has 0 bridgehead atoms. The van der Waals surface area contributed by atoms with E-state index in [2.05, 4.69) is 22.4 Å². The Labute approximate surface area is 146 Å². The molecule has 0 unspecified atom stereocenters. The molecule has 2 aromatic heterocycles. The van der Waals surface area contributed by atoms with Crippen LogP contribution in [-0.2, 0) is 0 Å². The predicted octanol–water partition coefficient (Wildman–Crippen LogP) is 3.20. The Morgan fingerprint density at radius 3 is 2.84 bits per heavy atom. The molecule has 6 heteroatoms. The van der Waals surface area contributed by atoms with E-state index in [4.69, 9.17) is 4.74 Å². The molecule has 2 heterocycles. The Balaban J connectivity index is 1.67. The van der Waals surface area contributed by atoms with E-state index in [0.717, 1.165) is 23.4 Å². The van der Waals surface area contributed by atoms with Gasteiger partial charge in [0.15, 0.2) is 0 Å². The number of pyridine rings is 1. The van der Waals surface area contributed by atoms with Crippen LogP contribution in [0.5, 0.6) is 5.75 Å². The third-order valence-corrected chi connectivity index (χ3v) is 3.65. The molecule has 3 rings (SSSR count). The van der Waals surface area contributed by atoms with Gasteiger partial charge in [-0.15, -0.1) is 0 Å². The number of nitrogens with one attached hydrogen (secondary N) is 1. The SMILES string of the molecule is CCCOc1ccc(/C=N\NC(=O)c2c(C)nc3ccccn23)cc1. The number of rotatable bonds is 6. The molecule has 6 nitrogen and oxygen atoms in total. The Morgan fingerprint density at radius 1 is 1.28 bits per heavy atom. The summed E-state index contributed by atoms with van der Waals surface area (Å²) in [5, 5.41) is 4.03. The third-order valence-electron chi connectivity index (χ3n) is 3.65. The van der Waals surface area contributed by atoms with E-state index >= 15 is 0 Å². The van der Waals surface area contributed by atoms with Crippen LogP contribution < -0.4 is 10.2 Å². The van der Waals surface area contributed by atoms with Crippen molar-refractivity contribution in [2.75, 3.05) is 6.61 Å². The van der Waals surface area contributed by atoms with Crippen LogP contribution in [-0.4, -0.2) is 28.1 Å². The van der Waals surface area contributed by atoms with Gasteiger partial charge in [0.1, 0.15) is 17.1 Å². The first kappa shape index (κ1) is 16.7. The van der Waals surface area contributed by atoms with Crippen molar-refractivity contribution in [2.24, 2.45) is 5.10 Å². The average molecular weight is 336 g/mol. The van der Waals surface area contributed by atoms with Gasteiger partial charge in [-0.05, 0) is 55.3 Å². The number of imidazole rings is 1. The van der Waals surface area contributed by atoms with Crippen LogP contribution in [0, 0.1) is 6.92 Å². The second-order valence-electron chi connectivity index (χ2n) is 5.59. The van der Waals surface area contributed by atoms with Crippen LogP contribution in [0.1, 0.15) is 35.1 Å². The van der Waals surface area contributed by atoms with Crippen molar-refractivity contribution in [2.45, 2.75) is 20.3 Å². The van der Waals surface area contributed by atoms with Gasteiger partial charge < -0.3 is 4.74 Å². The minimum atomic E-state index is -0.296.